The van der Waals surface area contributed by atoms with Crippen molar-refractivity contribution in [3.8, 4) is 22.4 Å². The average molecular weight is 441 g/mol. The monoisotopic (exact) mass is 440 g/mol. The predicted octanol–water partition coefficient (Wildman–Crippen LogP) is 7.65. The van der Waals surface area contributed by atoms with E-state index in [0.29, 0.717) is 0 Å². The molecule has 0 saturated heterocycles. The van der Waals surface area contributed by atoms with Crippen molar-refractivity contribution in [3.05, 3.63) is 109 Å². The molecule has 0 amide bonds. The highest BCUT2D eigenvalue weighted by Crippen LogP contribution is 2.39. The van der Waals surface area contributed by atoms with E-state index in [2.05, 4.69) is 102 Å². The summed E-state index contributed by atoms with van der Waals surface area (Å²) in [6.07, 6.45) is 1.97. The molecule has 34 heavy (non-hydrogen) atoms. The molecule has 4 nitrogen and oxygen atoms in total. The molecule has 0 spiro atoms. The lowest BCUT2D eigenvalue weighted by Crippen LogP contribution is -1.90. The Kier molecular flexibility index (Phi) is 4.84. The fourth-order valence-corrected chi connectivity index (χ4v) is 4.72. The quantitative estimate of drug-likeness (QED) is 0.277. The van der Waals surface area contributed by atoms with Crippen molar-refractivity contribution in [2.45, 2.75) is 13.8 Å². The summed E-state index contributed by atoms with van der Waals surface area (Å²) in [5, 5.41) is 12.2. The van der Waals surface area contributed by atoms with Gasteiger partial charge in [-0.1, -0.05) is 92.7 Å². The van der Waals surface area contributed by atoms with Gasteiger partial charge < -0.3 is 0 Å². The summed E-state index contributed by atoms with van der Waals surface area (Å²) in [4.78, 5) is 0. The topological polar surface area (TPSA) is 34.6 Å². The van der Waals surface area contributed by atoms with E-state index in [0.717, 1.165) is 44.5 Å². The maximum absolute atomic E-state index is 5.12. The van der Waals surface area contributed by atoms with Crippen LogP contribution in [0.15, 0.2) is 109 Å². The molecular formula is C30H24N4. The molecule has 0 aliphatic heterocycles. The van der Waals surface area contributed by atoms with Crippen LogP contribution in [0.1, 0.15) is 13.8 Å². The van der Waals surface area contributed by atoms with Crippen LogP contribution in [0.3, 0.4) is 0 Å². The molecule has 3 aromatic carbocycles. The normalized spacial score (nSPS) is 11.2. The van der Waals surface area contributed by atoms with Crippen LogP contribution in [-0.4, -0.2) is 19.2 Å². The number of hydrogen-bond acceptors (Lipinski definition) is 2. The van der Waals surface area contributed by atoms with Gasteiger partial charge in [0.15, 0.2) is 0 Å². The van der Waals surface area contributed by atoms with Crippen molar-refractivity contribution in [2.24, 2.45) is 0 Å². The summed E-state index contributed by atoms with van der Waals surface area (Å²) >= 11 is 0. The van der Waals surface area contributed by atoms with Gasteiger partial charge in [0.25, 0.3) is 0 Å². The number of aromatic nitrogens is 4. The molecule has 0 bridgehead atoms. The number of pyridine rings is 2. The third kappa shape index (κ3) is 3.00. The van der Waals surface area contributed by atoms with Crippen molar-refractivity contribution in [1.82, 2.24) is 19.2 Å². The molecule has 164 valence electrons. The predicted molar refractivity (Wildman–Crippen MR) is 141 cm³/mol. The Balaban J connectivity index is 0.00000106. The standard InChI is InChI=1S/C28H18N4.C2H6/c1-2-10-21(11-3-1)28-27(26-17-15-20-9-5-7-13-24(20)32(26)30-28)22-18-29-31-23-12-6-4-8-19(23)14-16-25(22)31;1-2/h1-18H;1-2H3. The Bertz CT molecular complexity index is 1770. The van der Waals surface area contributed by atoms with Gasteiger partial charge in [-0.2, -0.15) is 10.2 Å². The van der Waals surface area contributed by atoms with Gasteiger partial charge in [0.1, 0.15) is 5.69 Å². The Morgan fingerprint density at radius 2 is 1.12 bits per heavy atom. The third-order valence-corrected chi connectivity index (χ3v) is 6.22. The third-order valence-electron chi connectivity index (χ3n) is 6.22. The Labute approximate surface area is 197 Å². The lowest BCUT2D eigenvalue weighted by atomic mass is 10.0. The minimum atomic E-state index is 0.963. The summed E-state index contributed by atoms with van der Waals surface area (Å²) in [6, 6.07) is 35.8. The fraction of sp³-hybridized carbons (Fsp3) is 0.0667. The molecule has 7 aromatic rings. The molecule has 0 saturated carbocycles. The van der Waals surface area contributed by atoms with Gasteiger partial charge in [-0.05, 0) is 24.3 Å². The van der Waals surface area contributed by atoms with Crippen LogP contribution in [0, 0.1) is 0 Å². The number of nitrogens with zero attached hydrogens (tertiary/aromatic N) is 4. The first kappa shape index (κ1) is 20.2. The van der Waals surface area contributed by atoms with Gasteiger partial charge >= 0.3 is 0 Å². The second kappa shape index (κ2) is 8.16. The highest BCUT2D eigenvalue weighted by molar-refractivity contribution is 6.01. The molecule has 0 N–H and O–H groups in total. The van der Waals surface area contributed by atoms with Crippen molar-refractivity contribution in [1.29, 1.82) is 0 Å². The maximum Gasteiger partial charge on any atom is 0.101 e. The molecule has 0 atom stereocenters. The summed E-state index contributed by atoms with van der Waals surface area (Å²) in [5.41, 5.74) is 8.58. The SMILES string of the molecule is CC.c1ccc(-c2nn3c(ccc4ccccc43)c2-c2cnn3c2ccc2ccccc23)cc1. The largest absolute Gasteiger partial charge is 0.232 e. The van der Waals surface area contributed by atoms with Gasteiger partial charge in [-0.15, -0.1) is 0 Å². The highest BCUT2D eigenvalue weighted by atomic mass is 15.2. The van der Waals surface area contributed by atoms with Crippen LogP contribution in [0.25, 0.3) is 55.2 Å². The number of rotatable bonds is 2. The fourth-order valence-electron chi connectivity index (χ4n) is 4.72. The summed E-state index contributed by atoms with van der Waals surface area (Å²) in [5.74, 6) is 0. The van der Waals surface area contributed by atoms with Crippen molar-refractivity contribution < 1.29 is 0 Å². The smallest absolute Gasteiger partial charge is 0.101 e. The Morgan fingerprint density at radius 1 is 0.529 bits per heavy atom. The van der Waals surface area contributed by atoms with Crippen LogP contribution in [0.2, 0.25) is 0 Å². The van der Waals surface area contributed by atoms with E-state index >= 15 is 0 Å². The molecule has 0 unspecified atom stereocenters. The first-order valence-corrected chi connectivity index (χ1v) is 11.7. The van der Waals surface area contributed by atoms with Gasteiger partial charge in [-0.3, -0.25) is 0 Å². The van der Waals surface area contributed by atoms with E-state index in [1.165, 1.54) is 10.8 Å². The minimum absolute atomic E-state index is 0.963. The highest BCUT2D eigenvalue weighted by Gasteiger charge is 2.21. The number of benzene rings is 3. The lowest BCUT2D eigenvalue weighted by molar-refractivity contribution is 1.00. The molecule has 4 heterocycles. The van der Waals surface area contributed by atoms with Crippen LogP contribution < -0.4 is 0 Å². The van der Waals surface area contributed by atoms with Crippen LogP contribution in [0.4, 0.5) is 0 Å². The van der Waals surface area contributed by atoms with Gasteiger partial charge in [-0.25, -0.2) is 9.03 Å². The van der Waals surface area contributed by atoms with Gasteiger partial charge in [0, 0.05) is 27.5 Å². The lowest BCUT2D eigenvalue weighted by Gasteiger charge is -2.05. The van der Waals surface area contributed by atoms with Crippen LogP contribution in [-0.2, 0) is 0 Å². The molecule has 4 aromatic heterocycles. The van der Waals surface area contributed by atoms with Crippen LogP contribution >= 0.6 is 0 Å². The van der Waals surface area contributed by atoms with E-state index in [9.17, 15) is 0 Å². The molecule has 7 rings (SSSR count). The maximum atomic E-state index is 5.12. The number of para-hydroxylation sites is 2. The van der Waals surface area contributed by atoms with Crippen molar-refractivity contribution in [3.63, 3.8) is 0 Å². The zero-order valence-corrected chi connectivity index (χ0v) is 19.2. The summed E-state index contributed by atoms with van der Waals surface area (Å²) < 4.78 is 4.10. The van der Waals surface area contributed by atoms with Crippen molar-refractivity contribution >= 4 is 32.8 Å². The molecule has 0 fully saturated rings. The average Bonchev–Trinajstić information content (AvgIpc) is 3.52. The second-order valence-corrected chi connectivity index (χ2v) is 8.03. The van der Waals surface area contributed by atoms with E-state index in [-0.39, 0.29) is 0 Å². The van der Waals surface area contributed by atoms with E-state index in [4.69, 9.17) is 10.2 Å². The molecule has 4 heteroatoms. The molecular weight excluding hydrogens is 416 g/mol. The first-order chi connectivity index (χ1) is 16.9. The molecule has 0 aliphatic carbocycles. The Morgan fingerprint density at radius 3 is 1.82 bits per heavy atom. The molecule has 0 aliphatic rings. The second-order valence-electron chi connectivity index (χ2n) is 8.03. The minimum Gasteiger partial charge on any atom is -0.232 e. The van der Waals surface area contributed by atoms with Crippen molar-refractivity contribution in [2.75, 3.05) is 0 Å². The van der Waals surface area contributed by atoms with Crippen LogP contribution in [0.5, 0.6) is 0 Å². The Hall–Kier alpha value is -4.44. The van der Waals surface area contributed by atoms with E-state index < -0.39 is 0 Å². The zero-order chi connectivity index (χ0) is 23.1. The van der Waals surface area contributed by atoms with E-state index in [1.54, 1.807) is 0 Å². The molecule has 0 radical (unpaired) electrons. The van der Waals surface area contributed by atoms with E-state index in [1.807, 2.05) is 30.6 Å². The van der Waals surface area contributed by atoms with Gasteiger partial charge in [0.05, 0.1) is 28.3 Å². The number of hydrogen-bond donors (Lipinski definition) is 0. The summed E-state index contributed by atoms with van der Waals surface area (Å²) in [7, 11) is 0. The summed E-state index contributed by atoms with van der Waals surface area (Å²) in [6.45, 7) is 4.00. The zero-order valence-electron chi connectivity index (χ0n) is 19.2. The van der Waals surface area contributed by atoms with Gasteiger partial charge in [0.2, 0.25) is 0 Å². The first-order valence-electron chi connectivity index (χ1n) is 11.7. The number of fused-ring (bicyclic) bond motifs is 6.